The molecule has 2 rings (SSSR count). The topological polar surface area (TPSA) is 54.9 Å². The molecule has 152 valence electrons. The third-order valence-electron chi connectivity index (χ3n) is 5.03. The molecule has 2 N–H and O–H groups in total. The summed E-state index contributed by atoms with van der Waals surface area (Å²) in [4.78, 5) is 4.85. The molecule has 1 aliphatic carbocycles. The van der Waals surface area contributed by atoms with Crippen LogP contribution in [0, 0.1) is 11.3 Å². The molecule has 0 aliphatic heterocycles. The summed E-state index contributed by atoms with van der Waals surface area (Å²) >= 11 is 0. The monoisotopic (exact) mass is 375 g/mol. The van der Waals surface area contributed by atoms with Crippen LogP contribution in [0.5, 0.6) is 5.75 Å². The van der Waals surface area contributed by atoms with Gasteiger partial charge >= 0.3 is 0 Å². The first-order valence-electron chi connectivity index (χ1n) is 10.2. The van der Waals surface area contributed by atoms with Crippen molar-refractivity contribution in [1.29, 1.82) is 0 Å². The first kappa shape index (κ1) is 21.5. The van der Waals surface area contributed by atoms with Crippen molar-refractivity contribution in [3.8, 4) is 5.75 Å². The molecule has 5 nitrogen and oxygen atoms in total. The number of hydrogen-bond donors (Lipinski definition) is 2. The van der Waals surface area contributed by atoms with Crippen LogP contribution >= 0.6 is 0 Å². The molecular weight excluding hydrogens is 338 g/mol. The van der Waals surface area contributed by atoms with E-state index in [0.717, 1.165) is 44.4 Å². The van der Waals surface area contributed by atoms with Gasteiger partial charge in [-0.3, -0.25) is 4.99 Å². The third kappa shape index (κ3) is 7.41. The fourth-order valence-electron chi connectivity index (χ4n) is 2.95. The van der Waals surface area contributed by atoms with Crippen molar-refractivity contribution in [3.63, 3.8) is 0 Å². The van der Waals surface area contributed by atoms with Crippen LogP contribution < -0.4 is 15.4 Å². The molecule has 0 spiro atoms. The summed E-state index contributed by atoms with van der Waals surface area (Å²) < 4.78 is 11.0. The lowest BCUT2D eigenvalue weighted by Gasteiger charge is -2.20. The second-order valence-electron chi connectivity index (χ2n) is 8.08. The van der Waals surface area contributed by atoms with E-state index in [4.69, 9.17) is 14.5 Å². The highest BCUT2D eigenvalue weighted by Crippen LogP contribution is 2.48. The lowest BCUT2D eigenvalue weighted by molar-refractivity contribution is 0.174. The Bertz CT molecular complexity index is 580. The Labute approximate surface area is 164 Å². The van der Waals surface area contributed by atoms with Gasteiger partial charge in [-0.25, -0.2) is 0 Å². The van der Waals surface area contributed by atoms with Gasteiger partial charge in [0, 0.05) is 26.8 Å². The van der Waals surface area contributed by atoms with E-state index in [1.807, 2.05) is 12.1 Å². The molecule has 1 aromatic carbocycles. The van der Waals surface area contributed by atoms with Gasteiger partial charge in [-0.2, -0.15) is 0 Å². The number of benzene rings is 1. The summed E-state index contributed by atoms with van der Waals surface area (Å²) in [7, 11) is 1.77. The summed E-state index contributed by atoms with van der Waals surface area (Å²) in [5.41, 5.74) is 1.58. The lowest BCUT2D eigenvalue weighted by atomic mass is 10.0. The highest BCUT2D eigenvalue weighted by Gasteiger charge is 2.41. The van der Waals surface area contributed by atoms with Crippen molar-refractivity contribution in [2.45, 2.75) is 53.0 Å². The first-order chi connectivity index (χ1) is 13.0. The van der Waals surface area contributed by atoms with Crippen molar-refractivity contribution in [1.82, 2.24) is 10.6 Å². The van der Waals surface area contributed by atoms with Crippen LogP contribution in [0.1, 0.15) is 58.6 Å². The Balaban J connectivity index is 1.91. The molecule has 1 atom stereocenters. The fourth-order valence-corrected chi connectivity index (χ4v) is 2.95. The Morgan fingerprint density at radius 1 is 1.19 bits per heavy atom. The van der Waals surface area contributed by atoms with Crippen LogP contribution in [-0.2, 0) is 4.74 Å². The largest absolute Gasteiger partial charge is 0.493 e. The Morgan fingerprint density at radius 3 is 2.44 bits per heavy atom. The van der Waals surface area contributed by atoms with E-state index in [9.17, 15) is 0 Å². The minimum absolute atomic E-state index is 0.177. The number of ether oxygens (including phenoxy) is 2. The van der Waals surface area contributed by atoms with Gasteiger partial charge in [-0.1, -0.05) is 26.0 Å². The molecule has 0 saturated heterocycles. The van der Waals surface area contributed by atoms with Crippen molar-refractivity contribution in [2.75, 3.05) is 33.4 Å². The molecule has 0 amide bonds. The average molecular weight is 376 g/mol. The van der Waals surface area contributed by atoms with E-state index >= 15 is 0 Å². The van der Waals surface area contributed by atoms with Gasteiger partial charge in [0.25, 0.3) is 0 Å². The number of hydrogen-bond acceptors (Lipinski definition) is 3. The van der Waals surface area contributed by atoms with Gasteiger partial charge in [-0.15, -0.1) is 0 Å². The van der Waals surface area contributed by atoms with Gasteiger partial charge < -0.3 is 20.1 Å². The lowest BCUT2D eigenvalue weighted by Crippen LogP contribution is -2.39. The average Bonchev–Trinajstić information content (AvgIpc) is 3.43. The Morgan fingerprint density at radius 2 is 1.89 bits per heavy atom. The van der Waals surface area contributed by atoms with Crippen LogP contribution in [0.25, 0.3) is 0 Å². The summed E-state index contributed by atoms with van der Waals surface area (Å²) in [6.07, 6.45) is 3.61. The zero-order valence-corrected chi connectivity index (χ0v) is 17.7. The minimum Gasteiger partial charge on any atom is -0.493 e. The van der Waals surface area contributed by atoms with E-state index in [-0.39, 0.29) is 6.04 Å². The molecule has 1 unspecified atom stereocenters. The third-order valence-corrected chi connectivity index (χ3v) is 5.03. The second-order valence-corrected chi connectivity index (χ2v) is 8.08. The zero-order valence-electron chi connectivity index (χ0n) is 17.7. The smallest absolute Gasteiger partial charge is 0.191 e. The number of aliphatic imine (C=N–C) groups is 1. The van der Waals surface area contributed by atoms with Crippen LogP contribution in [-0.4, -0.2) is 39.4 Å². The van der Waals surface area contributed by atoms with Gasteiger partial charge in [0.05, 0.1) is 12.6 Å². The van der Waals surface area contributed by atoms with E-state index < -0.39 is 0 Å². The second kappa shape index (κ2) is 10.5. The van der Waals surface area contributed by atoms with Crippen molar-refractivity contribution >= 4 is 5.96 Å². The van der Waals surface area contributed by atoms with Gasteiger partial charge in [0.1, 0.15) is 5.75 Å². The molecule has 1 aliphatic rings. The molecule has 1 saturated carbocycles. The number of nitrogens with zero attached hydrogens (tertiary/aromatic N) is 1. The van der Waals surface area contributed by atoms with E-state index in [0.29, 0.717) is 11.3 Å². The van der Waals surface area contributed by atoms with Crippen LogP contribution in [0.15, 0.2) is 29.3 Å². The molecule has 0 bridgehead atoms. The zero-order chi connectivity index (χ0) is 19.7. The van der Waals surface area contributed by atoms with E-state index in [2.05, 4.69) is 50.5 Å². The highest BCUT2D eigenvalue weighted by atomic mass is 16.5. The maximum atomic E-state index is 5.77. The molecule has 1 fully saturated rings. The highest BCUT2D eigenvalue weighted by molar-refractivity contribution is 5.80. The van der Waals surface area contributed by atoms with Crippen LogP contribution in [0.4, 0.5) is 0 Å². The molecular formula is C22H37N3O2. The predicted octanol–water partition coefficient (Wildman–Crippen LogP) is 4.15. The number of nitrogens with one attached hydrogen (secondary N) is 2. The van der Waals surface area contributed by atoms with Crippen LogP contribution in [0.2, 0.25) is 0 Å². The standard InChI is InChI=1S/C22H37N3O2/c1-6-23-21(24-16-22(11-12-22)13-14-26-5)25-18(4)19-7-9-20(10-8-19)27-15-17(2)3/h7-10,17-18H,6,11-16H2,1-5H3,(H2,23,24,25). The number of methoxy groups -OCH3 is 1. The van der Waals surface area contributed by atoms with Crippen molar-refractivity contribution in [3.05, 3.63) is 29.8 Å². The van der Waals surface area contributed by atoms with Gasteiger partial charge in [0.2, 0.25) is 0 Å². The quantitative estimate of drug-likeness (QED) is 0.450. The summed E-state index contributed by atoms with van der Waals surface area (Å²) in [5.74, 6) is 2.34. The van der Waals surface area contributed by atoms with E-state index in [1.54, 1.807) is 7.11 Å². The maximum Gasteiger partial charge on any atom is 0.191 e. The first-order valence-corrected chi connectivity index (χ1v) is 10.2. The molecule has 0 heterocycles. The Kier molecular flexibility index (Phi) is 8.42. The van der Waals surface area contributed by atoms with Crippen LogP contribution in [0.3, 0.4) is 0 Å². The summed E-state index contributed by atoms with van der Waals surface area (Å²) in [5, 5.41) is 6.89. The number of guanidine groups is 1. The molecule has 1 aromatic rings. The summed E-state index contributed by atoms with van der Waals surface area (Å²) in [6.45, 7) is 11.9. The number of rotatable bonds is 11. The molecule has 0 aromatic heterocycles. The van der Waals surface area contributed by atoms with Crippen molar-refractivity contribution < 1.29 is 9.47 Å². The van der Waals surface area contributed by atoms with Gasteiger partial charge in [-0.05, 0) is 62.1 Å². The molecule has 27 heavy (non-hydrogen) atoms. The Hall–Kier alpha value is -1.75. The minimum atomic E-state index is 0.177. The molecule has 5 heteroatoms. The van der Waals surface area contributed by atoms with E-state index in [1.165, 1.54) is 18.4 Å². The fraction of sp³-hybridized carbons (Fsp3) is 0.682. The maximum absolute atomic E-state index is 5.77. The SMILES string of the molecule is CCNC(=NCC1(CCOC)CC1)NC(C)c1ccc(OCC(C)C)cc1. The molecule has 0 radical (unpaired) electrons. The normalized spacial score (nSPS) is 16.9. The van der Waals surface area contributed by atoms with Gasteiger partial charge in [0.15, 0.2) is 5.96 Å². The predicted molar refractivity (Wildman–Crippen MR) is 112 cm³/mol. The van der Waals surface area contributed by atoms with Crippen molar-refractivity contribution in [2.24, 2.45) is 16.3 Å². The summed E-state index contributed by atoms with van der Waals surface area (Å²) in [6, 6.07) is 8.51.